The third-order valence-corrected chi connectivity index (χ3v) is 4.94. The molecule has 1 aromatic heterocycles. The van der Waals surface area contributed by atoms with Crippen LogP contribution in [0.3, 0.4) is 0 Å². The molecule has 2 N–H and O–H groups in total. The summed E-state index contributed by atoms with van der Waals surface area (Å²) in [6, 6.07) is 9.91. The monoisotopic (exact) mass is 338 g/mol. The number of urea groups is 1. The third kappa shape index (κ3) is 4.72. The van der Waals surface area contributed by atoms with Gasteiger partial charge in [0.2, 0.25) is 0 Å². The smallest absolute Gasteiger partial charge is 0.319 e. The Balaban J connectivity index is 1.42. The predicted molar refractivity (Wildman–Crippen MR) is 102 cm³/mol. The summed E-state index contributed by atoms with van der Waals surface area (Å²) in [4.78, 5) is 18.6. The first-order valence-electron chi connectivity index (χ1n) is 8.89. The summed E-state index contributed by atoms with van der Waals surface area (Å²) >= 11 is 0. The Morgan fingerprint density at radius 1 is 1.20 bits per heavy atom. The molecule has 1 aliphatic heterocycles. The van der Waals surface area contributed by atoms with E-state index in [1.165, 1.54) is 16.8 Å². The van der Waals surface area contributed by atoms with E-state index >= 15 is 0 Å². The Kier molecular flexibility index (Phi) is 5.53. The van der Waals surface area contributed by atoms with Crippen molar-refractivity contribution in [1.29, 1.82) is 0 Å². The molecule has 2 heterocycles. The van der Waals surface area contributed by atoms with E-state index in [0.717, 1.165) is 38.2 Å². The van der Waals surface area contributed by atoms with E-state index in [1.54, 1.807) is 6.20 Å². The van der Waals surface area contributed by atoms with Gasteiger partial charge in [0.25, 0.3) is 0 Å². The van der Waals surface area contributed by atoms with Gasteiger partial charge < -0.3 is 15.5 Å². The number of nitrogens with one attached hydrogen (secondary N) is 2. The molecular weight excluding hydrogens is 312 g/mol. The Morgan fingerprint density at radius 2 is 2.00 bits per heavy atom. The molecule has 2 amide bonds. The van der Waals surface area contributed by atoms with Crippen molar-refractivity contribution >= 4 is 17.4 Å². The first kappa shape index (κ1) is 17.3. The lowest BCUT2D eigenvalue weighted by atomic mass is 9.96. The maximum absolute atomic E-state index is 12.1. The van der Waals surface area contributed by atoms with Gasteiger partial charge in [-0.1, -0.05) is 6.07 Å². The number of rotatable bonds is 4. The minimum absolute atomic E-state index is 0.127. The summed E-state index contributed by atoms with van der Waals surface area (Å²) in [6.45, 7) is 6.86. The molecule has 5 heteroatoms. The Morgan fingerprint density at radius 3 is 2.68 bits per heavy atom. The molecule has 2 aromatic rings. The number of hydrogen-bond donors (Lipinski definition) is 2. The van der Waals surface area contributed by atoms with Crippen molar-refractivity contribution < 1.29 is 4.79 Å². The largest absolute Gasteiger partial charge is 0.370 e. The summed E-state index contributed by atoms with van der Waals surface area (Å²) < 4.78 is 0. The minimum atomic E-state index is -0.127. The van der Waals surface area contributed by atoms with Crippen LogP contribution < -0.4 is 15.5 Å². The molecule has 0 atom stereocenters. The number of aromatic nitrogens is 1. The van der Waals surface area contributed by atoms with Crippen LogP contribution in [0.2, 0.25) is 0 Å². The highest BCUT2D eigenvalue weighted by Gasteiger charge is 2.20. The highest BCUT2D eigenvalue weighted by molar-refractivity contribution is 5.89. The summed E-state index contributed by atoms with van der Waals surface area (Å²) in [5.41, 5.74) is 4.43. The van der Waals surface area contributed by atoms with Crippen LogP contribution >= 0.6 is 0 Å². The number of piperidine rings is 1. The van der Waals surface area contributed by atoms with E-state index in [0.29, 0.717) is 5.92 Å². The van der Waals surface area contributed by atoms with Crippen LogP contribution in [0.25, 0.3) is 0 Å². The second-order valence-electron chi connectivity index (χ2n) is 6.78. The molecule has 0 unspecified atom stereocenters. The van der Waals surface area contributed by atoms with Crippen molar-refractivity contribution in [3.63, 3.8) is 0 Å². The van der Waals surface area contributed by atoms with E-state index in [9.17, 15) is 4.79 Å². The fourth-order valence-electron chi connectivity index (χ4n) is 3.17. The third-order valence-electron chi connectivity index (χ3n) is 4.94. The molecule has 5 nitrogen and oxygen atoms in total. The van der Waals surface area contributed by atoms with Gasteiger partial charge in [-0.15, -0.1) is 0 Å². The first-order chi connectivity index (χ1) is 12.1. The molecule has 1 aromatic carbocycles. The van der Waals surface area contributed by atoms with Crippen LogP contribution in [0.1, 0.15) is 24.0 Å². The number of amides is 2. The Bertz CT molecular complexity index is 709. The van der Waals surface area contributed by atoms with Crippen LogP contribution in [0.5, 0.6) is 0 Å². The average molecular weight is 338 g/mol. The highest BCUT2D eigenvalue weighted by Crippen LogP contribution is 2.22. The van der Waals surface area contributed by atoms with E-state index in [4.69, 9.17) is 0 Å². The topological polar surface area (TPSA) is 57.3 Å². The van der Waals surface area contributed by atoms with E-state index in [1.807, 2.05) is 30.5 Å². The molecule has 0 spiro atoms. The van der Waals surface area contributed by atoms with Gasteiger partial charge in [0.15, 0.2) is 0 Å². The molecule has 1 aliphatic rings. The quantitative estimate of drug-likeness (QED) is 0.893. The summed E-state index contributed by atoms with van der Waals surface area (Å²) in [6.07, 6.45) is 5.88. The van der Waals surface area contributed by atoms with E-state index in [-0.39, 0.29) is 6.03 Å². The highest BCUT2D eigenvalue weighted by atomic mass is 16.2. The number of nitrogens with zero attached hydrogens (tertiary/aromatic N) is 2. The van der Waals surface area contributed by atoms with Gasteiger partial charge in [-0.3, -0.25) is 4.98 Å². The summed E-state index contributed by atoms with van der Waals surface area (Å²) in [5.74, 6) is 0.526. The van der Waals surface area contributed by atoms with Crippen molar-refractivity contribution in [2.24, 2.45) is 5.92 Å². The van der Waals surface area contributed by atoms with Crippen LogP contribution in [0, 0.1) is 19.8 Å². The van der Waals surface area contributed by atoms with Gasteiger partial charge in [0, 0.05) is 31.5 Å². The molecule has 0 bridgehead atoms. The van der Waals surface area contributed by atoms with Crippen molar-refractivity contribution in [3.8, 4) is 0 Å². The normalized spacial score (nSPS) is 15.0. The predicted octanol–water partition coefficient (Wildman–Crippen LogP) is 3.74. The van der Waals surface area contributed by atoms with Gasteiger partial charge in [0.1, 0.15) is 0 Å². The number of pyridine rings is 1. The van der Waals surface area contributed by atoms with Crippen LogP contribution in [-0.4, -0.2) is 30.6 Å². The van der Waals surface area contributed by atoms with E-state index < -0.39 is 0 Å². The molecule has 1 saturated heterocycles. The first-order valence-corrected chi connectivity index (χ1v) is 8.89. The van der Waals surface area contributed by atoms with Gasteiger partial charge >= 0.3 is 6.03 Å². The second-order valence-corrected chi connectivity index (χ2v) is 6.78. The van der Waals surface area contributed by atoms with Gasteiger partial charge in [0.05, 0.1) is 11.9 Å². The average Bonchev–Trinajstić information content (AvgIpc) is 2.64. The van der Waals surface area contributed by atoms with Crippen LogP contribution in [-0.2, 0) is 0 Å². The molecular formula is C20H26N4O. The molecule has 0 saturated carbocycles. The number of carbonyl (C=O) groups is 1. The van der Waals surface area contributed by atoms with Crippen LogP contribution in [0.4, 0.5) is 16.2 Å². The number of benzene rings is 1. The SMILES string of the molecule is Cc1ccc(NC(=O)NCC2CCN(c3cccnc3)CC2)cc1C. The lowest BCUT2D eigenvalue weighted by Gasteiger charge is -2.33. The van der Waals surface area contributed by atoms with Gasteiger partial charge in [-0.05, 0) is 68.0 Å². The lowest BCUT2D eigenvalue weighted by molar-refractivity contribution is 0.248. The molecule has 25 heavy (non-hydrogen) atoms. The molecule has 3 rings (SSSR count). The van der Waals surface area contributed by atoms with Crippen molar-refractivity contribution in [2.75, 3.05) is 29.9 Å². The van der Waals surface area contributed by atoms with Gasteiger partial charge in [-0.25, -0.2) is 4.79 Å². The fourth-order valence-corrected chi connectivity index (χ4v) is 3.17. The number of aryl methyl sites for hydroxylation is 2. The molecule has 132 valence electrons. The molecule has 0 radical (unpaired) electrons. The lowest BCUT2D eigenvalue weighted by Crippen LogP contribution is -2.39. The zero-order chi connectivity index (χ0) is 17.6. The standard InChI is InChI=1S/C20H26N4O/c1-15-5-6-18(12-16(15)2)23-20(25)22-13-17-7-10-24(11-8-17)19-4-3-9-21-14-19/h3-6,9,12,14,17H,7-8,10-11,13H2,1-2H3,(H2,22,23,25). The number of carbonyl (C=O) groups excluding carboxylic acids is 1. The fraction of sp³-hybridized carbons (Fsp3) is 0.400. The maximum atomic E-state index is 12.1. The van der Waals surface area contributed by atoms with Gasteiger partial charge in [-0.2, -0.15) is 0 Å². The number of hydrogen-bond acceptors (Lipinski definition) is 3. The van der Waals surface area contributed by atoms with E-state index in [2.05, 4.69) is 40.4 Å². The zero-order valence-corrected chi connectivity index (χ0v) is 15.0. The number of anilines is 2. The minimum Gasteiger partial charge on any atom is -0.370 e. The molecule has 0 aliphatic carbocycles. The van der Waals surface area contributed by atoms with Crippen LogP contribution in [0.15, 0.2) is 42.7 Å². The Labute approximate surface area is 149 Å². The summed E-state index contributed by atoms with van der Waals surface area (Å²) in [7, 11) is 0. The molecule has 1 fully saturated rings. The second kappa shape index (κ2) is 8.01. The van der Waals surface area contributed by atoms with Crippen molar-refractivity contribution in [2.45, 2.75) is 26.7 Å². The van der Waals surface area contributed by atoms with Crippen molar-refractivity contribution in [3.05, 3.63) is 53.9 Å². The summed E-state index contributed by atoms with van der Waals surface area (Å²) in [5, 5.41) is 5.92. The zero-order valence-electron chi connectivity index (χ0n) is 15.0. The maximum Gasteiger partial charge on any atom is 0.319 e. The van der Waals surface area contributed by atoms with Crippen molar-refractivity contribution in [1.82, 2.24) is 10.3 Å². The Hall–Kier alpha value is -2.56.